The minimum absolute atomic E-state index is 0.161. The second-order valence-electron chi connectivity index (χ2n) is 7.06. The van der Waals surface area contributed by atoms with E-state index in [0.29, 0.717) is 11.0 Å². The minimum atomic E-state index is -0.161. The van der Waals surface area contributed by atoms with Gasteiger partial charge in [-0.2, -0.15) is 0 Å². The third kappa shape index (κ3) is 5.82. The minimum Gasteiger partial charge on any atom is -0.497 e. The summed E-state index contributed by atoms with van der Waals surface area (Å²) in [7, 11) is 5.60. The lowest BCUT2D eigenvalue weighted by Gasteiger charge is -2.12. The Morgan fingerprint density at radius 1 is 1.20 bits per heavy atom. The fraction of sp³-hybridized carbons (Fsp3) is 0.273. The number of hydrogen-bond acceptors (Lipinski definition) is 5. The molecule has 0 saturated carbocycles. The molecule has 0 unspecified atom stereocenters. The summed E-state index contributed by atoms with van der Waals surface area (Å²) in [6, 6.07) is 15.0. The van der Waals surface area contributed by atoms with Crippen LogP contribution in [0.1, 0.15) is 0 Å². The zero-order valence-corrected chi connectivity index (χ0v) is 18.1. The number of amides is 1. The first-order valence-corrected chi connectivity index (χ1v) is 9.99. The van der Waals surface area contributed by atoms with Crippen LogP contribution in [-0.2, 0) is 4.79 Å². The fourth-order valence-electron chi connectivity index (χ4n) is 2.86. The maximum atomic E-state index is 12.5. The lowest BCUT2D eigenvalue weighted by Crippen LogP contribution is -2.33. The molecule has 0 bridgehead atoms. The van der Waals surface area contributed by atoms with Gasteiger partial charge in [0.15, 0.2) is 0 Å². The number of hydrogen-bond donors (Lipinski definition) is 2. The summed E-state index contributed by atoms with van der Waals surface area (Å²) in [6.45, 7) is 1.78. The van der Waals surface area contributed by atoms with E-state index in [4.69, 9.17) is 16.3 Å². The predicted molar refractivity (Wildman–Crippen MR) is 121 cm³/mol. The molecule has 0 atom stereocenters. The zero-order chi connectivity index (χ0) is 21.5. The van der Waals surface area contributed by atoms with Crippen LogP contribution in [-0.4, -0.2) is 61.2 Å². The van der Waals surface area contributed by atoms with E-state index in [1.165, 1.54) is 0 Å². The number of carbonyl (C=O) groups excluding carboxylic acids is 1. The van der Waals surface area contributed by atoms with Gasteiger partial charge in [-0.05, 0) is 38.4 Å². The van der Waals surface area contributed by atoms with Gasteiger partial charge in [-0.25, -0.2) is 4.98 Å². The summed E-state index contributed by atoms with van der Waals surface area (Å²) in [4.78, 5) is 19.2. The molecule has 0 aliphatic heterocycles. The van der Waals surface area contributed by atoms with E-state index >= 15 is 0 Å². The van der Waals surface area contributed by atoms with Gasteiger partial charge < -0.3 is 15.0 Å². The zero-order valence-electron chi connectivity index (χ0n) is 17.4. The van der Waals surface area contributed by atoms with Crippen LogP contribution < -0.4 is 15.4 Å². The van der Waals surface area contributed by atoms with E-state index in [0.717, 1.165) is 35.8 Å². The third-order valence-corrected chi connectivity index (χ3v) is 4.70. The van der Waals surface area contributed by atoms with Crippen molar-refractivity contribution < 1.29 is 9.53 Å². The molecule has 1 heterocycles. The predicted octanol–water partition coefficient (Wildman–Crippen LogP) is 3.29. The molecule has 7 nitrogen and oxygen atoms in total. The molecule has 0 spiro atoms. The first kappa shape index (κ1) is 21.8. The van der Waals surface area contributed by atoms with Crippen LogP contribution in [0.15, 0.2) is 54.7 Å². The standard InChI is InChI=1S/C22H26ClN5O2/c1-27(2)12-11-24-14-21(29)26-22-25-20(16-7-9-17(23)10-8-16)15-28(22)18-5-4-6-19(13-18)30-3/h4-10,13,15,24H,11-12,14H2,1-3H3,(H,25,26,29). The van der Waals surface area contributed by atoms with E-state index in [2.05, 4.69) is 20.5 Å². The van der Waals surface area contributed by atoms with E-state index in [1.807, 2.05) is 73.4 Å². The Bertz CT molecular complexity index is 985. The number of likely N-dealkylation sites (N-methyl/N-ethyl adjacent to an activating group) is 1. The average molecular weight is 428 g/mol. The monoisotopic (exact) mass is 427 g/mol. The lowest BCUT2D eigenvalue weighted by molar-refractivity contribution is -0.115. The van der Waals surface area contributed by atoms with Crippen molar-refractivity contribution in [2.75, 3.05) is 46.2 Å². The summed E-state index contributed by atoms with van der Waals surface area (Å²) < 4.78 is 7.17. The fourth-order valence-corrected chi connectivity index (χ4v) is 2.98. The first-order valence-electron chi connectivity index (χ1n) is 9.61. The van der Waals surface area contributed by atoms with Gasteiger partial charge in [0, 0.05) is 35.9 Å². The Balaban J connectivity index is 1.85. The van der Waals surface area contributed by atoms with E-state index in [-0.39, 0.29) is 12.5 Å². The van der Waals surface area contributed by atoms with Gasteiger partial charge in [0.05, 0.1) is 25.0 Å². The number of nitrogens with zero attached hydrogens (tertiary/aromatic N) is 3. The number of imidazole rings is 1. The molecule has 0 radical (unpaired) electrons. The Hall–Kier alpha value is -2.87. The van der Waals surface area contributed by atoms with Crippen molar-refractivity contribution in [3.8, 4) is 22.7 Å². The lowest BCUT2D eigenvalue weighted by atomic mass is 10.2. The molecule has 0 saturated heterocycles. The van der Waals surface area contributed by atoms with Crippen LogP contribution in [0, 0.1) is 0 Å². The van der Waals surface area contributed by atoms with Gasteiger partial charge >= 0.3 is 0 Å². The van der Waals surface area contributed by atoms with Crippen molar-refractivity contribution in [2.24, 2.45) is 0 Å². The van der Waals surface area contributed by atoms with Gasteiger partial charge in [-0.1, -0.05) is 29.8 Å². The van der Waals surface area contributed by atoms with Gasteiger partial charge in [0.1, 0.15) is 5.75 Å². The Kier molecular flexibility index (Phi) is 7.46. The molecule has 2 aromatic carbocycles. The van der Waals surface area contributed by atoms with Crippen molar-refractivity contribution in [1.82, 2.24) is 19.8 Å². The molecule has 1 aromatic heterocycles. The molecular formula is C22H26ClN5O2. The Morgan fingerprint density at radius 3 is 2.67 bits per heavy atom. The van der Waals surface area contributed by atoms with Crippen molar-refractivity contribution in [2.45, 2.75) is 0 Å². The first-order chi connectivity index (χ1) is 14.5. The van der Waals surface area contributed by atoms with Crippen molar-refractivity contribution in [1.29, 1.82) is 0 Å². The molecule has 30 heavy (non-hydrogen) atoms. The number of halogens is 1. The van der Waals surface area contributed by atoms with Gasteiger partial charge in [-0.3, -0.25) is 14.7 Å². The highest BCUT2D eigenvalue weighted by Gasteiger charge is 2.14. The second-order valence-corrected chi connectivity index (χ2v) is 7.49. The number of anilines is 1. The van der Waals surface area contributed by atoms with E-state index in [1.54, 1.807) is 7.11 Å². The SMILES string of the molecule is COc1cccc(-n2cc(-c3ccc(Cl)cc3)nc2NC(=O)CNCCN(C)C)c1. The number of methoxy groups -OCH3 is 1. The van der Waals surface area contributed by atoms with E-state index in [9.17, 15) is 4.79 Å². The topological polar surface area (TPSA) is 71.4 Å². The molecule has 1 amide bonds. The van der Waals surface area contributed by atoms with Crippen LogP contribution >= 0.6 is 11.6 Å². The molecule has 3 aromatic rings. The van der Waals surface area contributed by atoms with Crippen molar-refractivity contribution >= 4 is 23.5 Å². The van der Waals surface area contributed by atoms with Crippen LogP contribution in [0.4, 0.5) is 5.95 Å². The van der Waals surface area contributed by atoms with Crippen molar-refractivity contribution in [3.05, 3.63) is 59.8 Å². The van der Waals surface area contributed by atoms with Gasteiger partial charge in [0.25, 0.3) is 0 Å². The maximum absolute atomic E-state index is 12.5. The molecule has 0 aliphatic carbocycles. The summed E-state index contributed by atoms with van der Waals surface area (Å²) in [6.07, 6.45) is 1.88. The number of carbonyl (C=O) groups is 1. The van der Waals surface area contributed by atoms with Crippen LogP contribution in [0.2, 0.25) is 5.02 Å². The average Bonchev–Trinajstić information content (AvgIpc) is 3.15. The molecular weight excluding hydrogens is 402 g/mol. The highest BCUT2D eigenvalue weighted by molar-refractivity contribution is 6.30. The number of aromatic nitrogens is 2. The van der Waals surface area contributed by atoms with Gasteiger partial charge in [0.2, 0.25) is 11.9 Å². The van der Waals surface area contributed by atoms with Crippen LogP contribution in [0.5, 0.6) is 5.75 Å². The summed E-state index contributed by atoms with van der Waals surface area (Å²) in [5, 5.41) is 6.70. The largest absolute Gasteiger partial charge is 0.497 e. The molecule has 158 valence electrons. The van der Waals surface area contributed by atoms with Crippen molar-refractivity contribution in [3.63, 3.8) is 0 Å². The number of ether oxygens (including phenoxy) is 1. The third-order valence-electron chi connectivity index (χ3n) is 4.45. The molecule has 8 heteroatoms. The summed E-state index contributed by atoms with van der Waals surface area (Å²) in [5.41, 5.74) is 2.46. The summed E-state index contributed by atoms with van der Waals surface area (Å²) in [5.74, 6) is 0.996. The molecule has 3 rings (SSSR count). The number of benzene rings is 2. The van der Waals surface area contributed by atoms with E-state index < -0.39 is 0 Å². The Morgan fingerprint density at radius 2 is 1.97 bits per heavy atom. The number of nitrogens with one attached hydrogen (secondary N) is 2. The highest BCUT2D eigenvalue weighted by Crippen LogP contribution is 2.27. The summed E-state index contributed by atoms with van der Waals surface area (Å²) >= 11 is 6.01. The molecule has 2 N–H and O–H groups in total. The molecule has 0 aliphatic rings. The number of rotatable bonds is 9. The highest BCUT2D eigenvalue weighted by atomic mass is 35.5. The van der Waals surface area contributed by atoms with Crippen LogP contribution in [0.3, 0.4) is 0 Å². The normalized spacial score (nSPS) is 11.0. The quantitative estimate of drug-likeness (QED) is 0.513. The Labute approximate surface area is 181 Å². The second kappa shape index (κ2) is 10.2. The van der Waals surface area contributed by atoms with Gasteiger partial charge in [-0.15, -0.1) is 0 Å². The van der Waals surface area contributed by atoms with Crippen LogP contribution in [0.25, 0.3) is 16.9 Å². The maximum Gasteiger partial charge on any atom is 0.240 e. The smallest absolute Gasteiger partial charge is 0.240 e. The molecule has 0 fully saturated rings.